The van der Waals surface area contributed by atoms with Crippen molar-refractivity contribution in [3.63, 3.8) is 0 Å². The first-order chi connectivity index (χ1) is 15.9. The number of nitrogens with zero attached hydrogens (tertiary/aromatic N) is 1. The van der Waals surface area contributed by atoms with Gasteiger partial charge in [0.05, 0.1) is 18.4 Å². The van der Waals surface area contributed by atoms with E-state index < -0.39 is 35.5 Å². The highest BCUT2D eigenvalue weighted by Crippen LogP contribution is 2.45. The maximum absolute atomic E-state index is 12.6. The minimum atomic E-state index is -1.25. The predicted octanol–water partition coefficient (Wildman–Crippen LogP) is 2.16. The van der Waals surface area contributed by atoms with Gasteiger partial charge in [-0.3, -0.25) is 15.0 Å². The number of benzene rings is 2. The van der Waals surface area contributed by atoms with Gasteiger partial charge in [0.25, 0.3) is 0 Å². The fraction of sp³-hybridized carbons (Fsp3) is 0.333. The standard InChI is InChI=1S/C24H23N3O6/c28-20-11-19(22(30)31)27(26-20)21(29)12-24(9-10-24)25-23(32)33-13-18-16-7-3-1-5-14(16)15-6-2-4-8-17(15)18/h1-8,18-19H,9-13H2,(H,25,32)(H,26,28)(H,30,31). The maximum Gasteiger partial charge on any atom is 0.407 e. The molecule has 1 unspecified atom stereocenters. The van der Waals surface area contributed by atoms with Crippen LogP contribution in [0.5, 0.6) is 0 Å². The van der Waals surface area contributed by atoms with E-state index in [0.29, 0.717) is 12.8 Å². The van der Waals surface area contributed by atoms with Crippen molar-refractivity contribution in [2.45, 2.75) is 43.2 Å². The van der Waals surface area contributed by atoms with Crippen molar-refractivity contribution in [2.24, 2.45) is 0 Å². The number of carboxylic acids is 1. The van der Waals surface area contributed by atoms with Gasteiger partial charge < -0.3 is 15.2 Å². The number of carbonyl (C=O) groups is 4. The first kappa shape index (κ1) is 21.0. The molecule has 0 radical (unpaired) electrons. The van der Waals surface area contributed by atoms with Crippen LogP contribution < -0.4 is 10.7 Å². The van der Waals surface area contributed by atoms with Crippen molar-refractivity contribution in [2.75, 3.05) is 6.61 Å². The molecule has 1 aliphatic heterocycles. The van der Waals surface area contributed by atoms with Gasteiger partial charge >= 0.3 is 12.1 Å². The average Bonchev–Trinajstić information content (AvgIpc) is 3.28. The molecule has 0 bridgehead atoms. The van der Waals surface area contributed by atoms with Gasteiger partial charge in [-0.05, 0) is 35.1 Å². The Balaban J connectivity index is 1.21. The first-order valence-electron chi connectivity index (χ1n) is 10.8. The van der Waals surface area contributed by atoms with Crippen LogP contribution >= 0.6 is 0 Å². The van der Waals surface area contributed by atoms with Gasteiger partial charge in [-0.1, -0.05) is 48.5 Å². The highest BCUT2D eigenvalue weighted by atomic mass is 16.5. The summed E-state index contributed by atoms with van der Waals surface area (Å²) in [7, 11) is 0. The smallest absolute Gasteiger partial charge is 0.407 e. The number of aliphatic carboxylic acids is 1. The summed E-state index contributed by atoms with van der Waals surface area (Å²) in [5, 5.41) is 12.9. The molecule has 170 valence electrons. The number of rotatable bonds is 6. The third-order valence-corrected chi connectivity index (χ3v) is 6.54. The SMILES string of the molecule is O=C1CC(C(=O)O)N(C(=O)CC2(NC(=O)OCC3c4ccccc4-c4ccccc43)CC2)N1. The average molecular weight is 449 g/mol. The summed E-state index contributed by atoms with van der Waals surface area (Å²) < 4.78 is 5.56. The van der Waals surface area contributed by atoms with Gasteiger partial charge in [0, 0.05) is 5.92 Å². The van der Waals surface area contributed by atoms with E-state index >= 15 is 0 Å². The number of alkyl carbamates (subject to hydrolysis) is 1. The molecule has 2 aromatic rings. The number of carboxylic acid groups (broad SMARTS) is 1. The van der Waals surface area contributed by atoms with Gasteiger partial charge in [-0.15, -0.1) is 0 Å². The second kappa shape index (κ2) is 7.91. The van der Waals surface area contributed by atoms with Crippen LogP contribution in [0, 0.1) is 0 Å². The topological polar surface area (TPSA) is 125 Å². The Labute approximate surface area is 189 Å². The molecule has 1 saturated heterocycles. The number of hydrazine groups is 1. The summed E-state index contributed by atoms with van der Waals surface area (Å²) >= 11 is 0. The Kier molecular flexibility index (Phi) is 5.03. The molecule has 3 N–H and O–H groups in total. The summed E-state index contributed by atoms with van der Waals surface area (Å²) in [5.41, 5.74) is 5.98. The molecule has 2 aliphatic carbocycles. The number of hydrogen-bond acceptors (Lipinski definition) is 5. The molecule has 33 heavy (non-hydrogen) atoms. The third-order valence-electron chi connectivity index (χ3n) is 6.54. The van der Waals surface area contributed by atoms with Crippen LogP contribution in [-0.4, -0.2) is 52.2 Å². The van der Waals surface area contributed by atoms with E-state index in [4.69, 9.17) is 4.74 Å². The number of ether oxygens (including phenoxy) is 1. The first-order valence-corrected chi connectivity index (χ1v) is 10.8. The highest BCUT2D eigenvalue weighted by Gasteiger charge is 2.49. The molecule has 2 aromatic carbocycles. The molecule has 1 atom stereocenters. The number of amides is 3. The molecule has 5 rings (SSSR count). The van der Waals surface area contributed by atoms with E-state index in [-0.39, 0.29) is 25.4 Å². The number of nitrogens with one attached hydrogen (secondary N) is 2. The molecular formula is C24H23N3O6. The van der Waals surface area contributed by atoms with Gasteiger partial charge in [0.2, 0.25) is 11.8 Å². The summed E-state index contributed by atoms with van der Waals surface area (Å²) in [5.74, 6) is -2.40. The van der Waals surface area contributed by atoms with Crippen molar-refractivity contribution < 1.29 is 29.0 Å². The van der Waals surface area contributed by atoms with Crippen LogP contribution in [0.25, 0.3) is 11.1 Å². The summed E-state index contributed by atoms with van der Waals surface area (Å²) in [6, 6.07) is 14.8. The summed E-state index contributed by atoms with van der Waals surface area (Å²) in [6.07, 6.45) is 0.127. The zero-order valence-corrected chi connectivity index (χ0v) is 17.7. The lowest BCUT2D eigenvalue weighted by Crippen LogP contribution is -2.49. The third kappa shape index (κ3) is 3.90. The lowest BCUT2D eigenvalue weighted by molar-refractivity contribution is -0.150. The van der Waals surface area contributed by atoms with Crippen LogP contribution in [0.15, 0.2) is 48.5 Å². The number of fused-ring (bicyclic) bond motifs is 3. The van der Waals surface area contributed by atoms with Gasteiger partial charge in [-0.2, -0.15) is 0 Å². The Morgan fingerprint density at radius 1 is 1.06 bits per heavy atom. The zero-order chi connectivity index (χ0) is 23.2. The normalized spacial score (nSPS) is 19.9. The molecule has 9 nitrogen and oxygen atoms in total. The van der Waals surface area contributed by atoms with Crippen LogP contribution in [0.1, 0.15) is 42.7 Å². The molecule has 3 amide bonds. The van der Waals surface area contributed by atoms with E-state index in [1.54, 1.807) is 0 Å². The quantitative estimate of drug-likeness (QED) is 0.621. The van der Waals surface area contributed by atoms with Gasteiger partial charge in [0.15, 0.2) is 6.04 Å². The molecule has 2 fully saturated rings. The Morgan fingerprint density at radius 3 is 2.24 bits per heavy atom. The fourth-order valence-electron chi connectivity index (χ4n) is 4.68. The molecular weight excluding hydrogens is 426 g/mol. The van der Waals surface area contributed by atoms with Crippen LogP contribution in [0.4, 0.5) is 4.79 Å². The van der Waals surface area contributed by atoms with Crippen molar-refractivity contribution in [1.82, 2.24) is 15.8 Å². The zero-order valence-electron chi connectivity index (χ0n) is 17.7. The Bertz CT molecular complexity index is 1110. The Hall–Kier alpha value is -3.88. The molecule has 3 aliphatic rings. The van der Waals surface area contributed by atoms with Crippen molar-refractivity contribution in [1.29, 1.82) is 0 Å². The second-order valence-corrected chi connectivity index (χ2v) is 8.76. The second-order valence-electron chi connectivity index (χ2n) is 8.76. The molecule has 1 saturated carbocycles. The predicted molar refractivity (Wildman–Crippen MR) is 116 cm³/mol. The number of carbonyl (C=O) groups excluding carboxylic acids is 3. The number of hydrogen-bond donors (Lipinski definition) is 3. The summed E-state index contributed by atoms with van der Waals surface area (Å²) in [6.45, 7) is 0.160. The van der Waals surface area contributed by atoms with E-state index in [2.05, 4.69) is 22.9 Å². The molecule has 0 aromatic heterocycles. The molecule has 1 heterocycles. The summed E-state index contributed by atoms with van der Waals surface area (Å²) in [4.78, 5) is 48.1. The van der Waals surface area contributed by atoms with Gasteiger partial charge in [-0.25, -0.2) is 14.6 Å². The maximum atomic E-state index is 12.6. The fourth-order valence-corrected chi connectivity index (χ4v) is 4.68. The monoisotopic (exact) mass is 449 g/mol. The molecule has 9 heteroatoms. The Morgan fingerprint density at radius 2 is 1.67 bits per heavy atom. The minimum Gasteiger partial charge on any atom is -0.480 e. The minimum absolute atomic E-state index is 0.0731. The largest absolute Gasteiger partial charge is 0.480 e. The van der Waals surface area contributed by atoms with Crippen molar-refractivity contribution in [3.8, 4) is 11.1 Å². The van der Waals surface area contributed by atoms with Crippen LogP contribution in [0.2, 0.25) is 0 Å². The van der Waals surface area contributed by atoms with E-state index in [0.717, 1.165) is 27.3 Å². The van der Waals surface area contributed by atoms with E-state index in [1.807, 2.05) is 36.4 Å². The van der Waals surface area contributed by atoms with Crippen molar-refractivity contribution in [3.05, 3.63) is 59.7 Å². The van der Waals surface area contributed by atoms with Crippen molar-refractivity contribution >= 4 is 23.9 Å². The van der Waals surface area contributed by atoms with Crippen LogP contribution in [0.3, 0.4) is 0 Å². The highest BCUT2D eigenvalue weighted by molar-refractivity contribution is 5.94. The lowest BCUT2D eigenvalue weighted by atomic mass is 9.98. The van der Waals surface area contributed by atoms with E-state index in [9.17, 15) is 24.3 Å². The lowest BCUT2D eigenvalue weighted by Gasteiger charge is -2.24. The van der Waals surface area contributed by atoms with E-state index in [1.165, 1.54) is 0 Å². The van der Waals surface area contributed by atoms with Crippen LogP contribution in [-0.2, 0) is 19.1 Å². The van der Waals surface area contributed by atoms with Gasteiger partial charge in [0.1, 0.15) is 6.61 Å². The molecule has 0 spiro atoms.